The average molecular weight is 398 g/mol. The van der Waals surface area contributed by atoms with E-state index >= 15 is 0 Å². The average Bonchev–Trinajstić information content (AvgIpc) is 3.31. The lowest BCUT2D eigenvalue weighted by atomic mass is 10.1. The van der Waals surface area contributed by atoms with E-state index in [-0.39, 0.29) is 18.0 Å². The number of carbonyl (C=O) groups excluding carboxylic acids is 1. The first kappa shape index (κ1) is 19.4. The number of hydrogen-bond acceptors (Lipinski definition) is 3. The molecule has 0 saturated carbocycles. The first-order valence-electron chi connectivity index (χ1n) is 9.70. The maximum absolute atomic E-state index is 12.8. The van der Waals surface area contributed by atoms with Gasteiger partial charge in [0.1, 0.15) is 6.54 Å². The largest absolute Gasteiger partial charge is 0.340 e. The lowest BCUT2D eigenvalue weighted by molar-refractivity contribution is -0.131. The summed E-state index contributed by atoms with van der Waals surface area (Å²) in [5, 5.41) is 4.38. The molecule has 0 atom stereocenters. The van der Waals surface area contributed by atoms with Gasteiger partial charge in [-0.25, -0.2) is 4.68 Å². The predicted octanol–water partition coefficient (Wildman–Crippen LogP) is 3.36. The lowest BCUT2D eigenvalue weighted by Gasteiger charge is -2.20. The molecule has 0 spiro atoms. The topological polar surface area (TPSA) is 60.1 Å². The lowest BCUT2D eigenvalue weighted by Crippen LogP contribution is -2.34. The zero-order chi connectivity index (χ0) is 20.9. The zero-order valence-electron chi connectivity index (χ0n) is 16.7. The van der Waals surface area contributed by atoms with Gasteiger partial charge in [-0.3, -0.25) is 9.59 Å². The third kappa shape index (κ3) is 4.22. The van der Waals surface area contributed by atoms with Crippen LogP contribution in [-0.2, 0) is 17.9 Å². The van der Waals surface area contributed by atoms with E-state index < -0.39 is 0 Å². The van der Waals surface area contributed by atoms with E-state index in [2.05, 4.69) is 5.10 Å². The van der Waals surface area contributed by atoms with Crippen molar-refractivity contribution in [2.24, 2.45) is 0 Å². The van der Waals surface area contributed by atoms with Crippen molar-refractivity contribution in [2.45, 2.75) is 13.1 Å². The molecule has 0 bridgehead atoms. The Hall–Kier alpha value is -3.93. The van der Waals surface area contributed by atoms with Crippen molar-refractivity contribution in [1.82, 2.24) is 19.2 Å². The van der Waals surface area contributed by atoms with Gasteiger partial charge in [0.05, 0.1) is 5.69 Å². The van der Waals surface area contributed by atoms with Gasteiger partial charge < -0.3 is 9.47 Å². The van der Waals surface area contributed by atoms with Crippen molar-refractivity contribution in [3.05, 3.63) is 107 Å². The van der Waals surface area contributed by atoms with Crippen LogP contribution in [0.2, 0.25) is 0 Å². The minimum atomic E-state index is -0.302. The molecular formula is C24H22N4O2. The van der Waals surface area contributed by atoms with Crippen LogP contribution in [-0.4, -0.2) is 32.2 Å². The van der Waals surface area contributed by atoms with Crippen LogP contribution in [0.4, 0.5) is 0 Å². The van der Waals surface area contributed by atoms with Crippen molar-refractivity contribution in [2.75, 3.05) is 7.05 Å². The van der Waals surface area contributed by atoms with Crippen LogP contribution in [0.1, 0.15) is 5.56 Å². The number of para-hydroxylation sites is 1. The van der Waals surface area contributed by atoms with Gasteiger partial charge in [-0.05, 0) is 29.8 Å². The van der Waals surface area contributed by atoms with Gasteiger partial charge in [0.15, 0.2) is 0 Å². The Bertz CT molecular complexity index is 1200. The summed E-state index contributed by atoms with van der Waals surface area (Å²) in [6.07, 6.45) is 3.94. The highest BCUT2D eigenvalue weighted by Gasteiger charge is 2.14. The Morgan fingerprint density at radius 3 is 2.37 bits per heavy atom. The van der Waals surface area contributed by atoms with Crippen molar-refractivity contribution in [3.63, 3.8) is 0 Å². The number of nitrogens with zero attached hydrogens (tertiary/aromatic N) is 4. The van der Waals surface area contributed by atoms with Crippen LogP contribution in [0.3, 0.4) is 0 Å². The number of likely N-dealkylation sites (N-methyl/N-ethyl adjacent to an activating group) is 1. The highest BCUT2D eigenvalue weighted by Crippen LogP contribution is 2.17. The summed E-state index contributed by atoms with van der Waals surface area (Å²) in [5.74, 6) is -0.183. The van der Waals surface area contributed by atoms with E-state index in [0.29, 0.717) is 12.2 Å². The van der Waals surface area contributed by atoms with Crippen LogP contribution in [0.15, 0.2) is 96.1 Å². The van der Waals surface area contributed by atoms with Crippen molar-refractivity contribution in [1.29, 1.82) is 0 Å². The molecule has 4 aromatic rings. The molecule has 0 radical (unpaired) electrons. The molecule has 2 aromatic carbocycles. The monoisotopic (exact) mass is 398 g/mol. The van der Waals surface area contributed by atoms with Gasteiger partial charge >= 0.3 is 0 Å². The van der Waals surface area contributed by atoms with Crippen molar-refractivity contribution >= 4 is 5.91 Å². The van der Waals surface area contributed by atoms with E-state index in [9.17, 15) is 9.59 Å². The predicted molar refractivity (Wildman–Crippen MR) is 116 cm³/mol. The summed E-state index contributed by atoms with van der Waals surface area (Å²) >= 11 is 0. The van der Waals surface area contributed by atoms with Gasteiger partial charge in [0, 0.05) is 43.3 Å². The minimum Gasteiger partial charge on any atom is -0.340 e. The van der Waals surface area contributed by atoms with Crippen LogP contribution < -0.4 is 5.56 Å². The fraction of sp³-hybridized carbons (Fsp3) is 0.125. The molecule has 0 unspecified atom stereocenters. The molecule has 0 aliphatic rings. The van der Waals surface area contributed by atoms with E-state index in [1.165, 1.54) is 10.7 Å². The Balaban J connectivity index is 1.52. The molecule has 150 valence electrons. The second-order valence-electron chi connectivity index (χ2n) is 7.05. The molecule has 4 rings (SSSR count). The molecule has 2 heterocycles. The maximum atomic E-state index is 12.8. The molecule has 30 heavy (non-hydrogen) atoms. The summed E-state index contributed by atoms with van der Waals surface area (Å²) in [6.45, 7) is 0.321. The number of rotatable bonds is 6. The molecule has 0 saturated heterocycles. The molecule has 0 aliphatic heterocycles. The molecule has 1 amide bonds. The molecule has 6 heteroatoms. The van der Waals surface area contributed by atoms with Gasteiger partial charge in [0.25, 0.3) is 5.56 Å². The normalized spacial score (nSPS) is 10.7. The molecule has 6 nitrogen and oxygen atoms in total. The zero-order valence-corrected chi connectivity index (χ0v) is 16.7. The fourth-order valence-electron chi connectivity index (χ4n) is 3.31. The summed E-state index contributed by atoms with van der Waals surface area (Å²) in [4.78, 5) is 26.7. The Labute approximate surface area is 174 Å². The first-order chi connectivity index (χ1) is 14.6. The maximum Gasteiger partial charge on any atom is 0.267 e. The smallest absolute Gasteiger partial charge is 0.267 e. The quantitative estimate of drug-likeness (QED) is 0.500. The molecule has 2 aromatic heterocycles. The van der Waals surface area contributed by atoms with E-state index in [4.69, 9.17) is 0 Å². The number of aromatic nitrogens is 3. The number of carbonyl (C=O) groups is 1. The highest BCUT2D eigenvalue weighted by molar-refractivity contribution is 5.75. The second kappa shape index (κ2) is 8.61. The van der Waals surface area contributed by atoms with Crippen molar-refractivity contribution in [3.8, 4) is 16.9 Å². The van der Waals surface area contributed by atoms with Gasteiger partial charge in [-0.1, -0.05) is 48.5 Å². The van der Waals surface area contributed by atoms with Gasteiger partial charge in [0.2, 0.25) is 5.91 Å². The van der Waals surface area contributed by atoms with Crippen molar-refractivity contribution < 1.29 is 4.79 Å². The standard InChI is InChI=1S/C24H22N4O2/c1-26(17-20-11-5-6-12-22(20)27-15-7-8-16-27)24(30)18-28-23(29)14-13-21(25-28)19-9-3-2-4-10-19/h2-16H,17-18H2,1H3. The molecule has 0 N–H and O–H groups in total. The Kier molecular flexibility index (Phi) is 5.57. The summed E-state index contributed by atoms with van der Waals surface area (Å²) in [6, 6.07) is 24.6. The van der Waals surface area contributed by atoms with Crippen LogP contribution in [0.25, 0.3) is 16.9 Å². The number of hydrogen-bond donors (Lipinski definition) is 0. The number of amides is 1. The summed E-state index contributed by atoms with van der Waals surface area (Å²) in [5.41, 5.74) is 3.28. The SMILES string of the molecule is CN(Cc1ccccc1-n1cccc1)C(=O)Cn1nc(-c2ccccc2)ccc1=O. The Morgan fingerprint density at radius 1 is 0.900 bits per heavy atom. The van der Waals surface area contributed by atoms with Crippen LogP contribution in [0, 0.1) is 0 Å². The number of benzene rings is 2. The van der Waals surface area contributed by atoms with E-state index in [1.54, 1.807) is 18.0 Å². The third-order valence-corrected chi connectivity index (χ3v) is 4.93. The van der Waals surface area contributed by atoms with Gasteiger partial charge in [-0.15, -0.1) is 0 Å². The molecule has 0 aliphatic carbocycles. The third-order valence-electron chi connectivity index (χ3n) is 4.93. The summed E-state index contributed by atoms with van der Waals surface area (Å²) in [7, 11) is 1.74. The second-order valence-corrected chi connectivity index (χ2v) is 7.05. The van der Waals surface area contributed by atoms with E-state index in [0.717, 1.165) is 16.8 Å². The fourth-order valence-corrected chi connectivity index (χ4v) is 3.31. The first-order valence-corrected chi connectivity index (χ1v) is 9.70. The van der Waals surface area contributed by atoms with Crippen LogP contribution in [0.5, 0.6) is 0 Å². The minimum absolute atomic E-state index is 0.109. The Morgan fingerprint density at radius 2 is 1.60 bits per heavy atom. The van der Waals surface area contributed by atoms with Crippen LogP contribution >= 0.6 is 0 Å². The molecule has 0 fully saturated rings. The van der Waals surface area contributed by atoms with E-state index in [1.807, 2.05) is 83.7 Å². The summed E-state index contributed by atoms with van der Waals surface area (Å²) < 4.78 is 3.24. The highest BCUT2D eigenvalue weighted by atomic mass is 16.2. The molecular weight excluding hydrogens is 376 g/mol. The van der Waals surface area contributed by atoms with Gasteiger partial charge in [-0.2, -0.15) is 5.10 Å².